The Kier molecular flexibility index (Phi) is 5.57. The summed E-state index contributed by atoms with van der Waals surface area (Å²) in [6, 6.07) is 15.8. The number of ketones is 1. The van der Waals surface area contributed by atoms with Gasteiger partial charge in [-0.2, -0.15) is 0 Å². The second-order valence-corrected chi connectivity index (χ2v) is 11.8. The van der Waals surface area contributed by atoms with Gasteiger partial charge >= 0.3 is 0 Å². The van der Waals surface area contributed by atoms with Crippen LogP contribution in [-0.2, 0) is 9.84 Å². The molecule has 0 saturated carbocycles. The minimum atomic E-state index is -3.10. The van der Waals surface area contributed by atoms with E-state index in [1.807, 2.05) is 48.0 Å². The number of rotatable bonds is 5. The average Bonchev–Trinajstić information content (AvgIpc) is 3.30. The smallest absolute Gasteiger partial charge is 0.163 e. The molecule has 5 rings (SSSR count). The van der Waals surface area contributed by atoms with Crippen LogP contribution in [0.4, 0.5) is 4.39 Å². The first-order chi connectivity index (χ1) is 16.1. The number of hydrogen-bond acceptors (Lipinski definition) is 4. The molecule has 0 amide bonds. The van der Waals surface area contributed by atoms with Gasteiger partial charge in [-0.15, -0.1) is 0 Å². The maximum Gasteiger partial charge on any atom is 0.163 e. The second-order valence-electron chi connectivity index (χ2n) is 9.21. The fourth-order valence-electron chi connectivity index (χ4n) is 4.70. The number of hydrogen-bond donors (Lipinski definition) is 0. The van der Waals surface area contributed by atoms with Crippen LogP contribution in [0.5, 0.6) is 0 Å². The third kappa shape index (κ3) is 4.26. The first kappa shape index (κ1) is 22.7. The van der Waals surface area contributed by atoms with Gasteiger partial charge < -0.3 is 4.57 Å². The number of fused-ring (bicyclic) bond motifs is 1. The summed E-state index contributed by atoms with van der Waals surface area (Å²) in [6.07, 6.45) is 3.67. The topological polar surface area (TPSA) is 69.0 Å². The molecule has 0 radical (unpaired) electrons. The normalized spacial score (nSPS) is 19.5. The molecule has 174 valence electrons. The van der Waals surface area contributed by atoms with E-state index in [1.165, 1.54) is 6.07 Å². The van der Waals surface area contributed by atoms with Gasteiger partial charge in [-0.1, -0.05) is 48.9 Å². The summed E-state index contributed by atoms with van der Waals surface area (Å²) in [6.45, 7) is 1.86. The Labute approximate surface area is 202 Å². The molecule has 5 nitrogen and oxygen atoms in total. The van der Waals surface area contributed by atoms with Crippen LogP contribution < -0.4 is 0 Å². The summed E-state index contributed by atoms with van der Waals surface area (Å²) in [5, 5.41) is 1.45. The van der Waals surface area contributed by atoms with Crippen LogP contribution in [0, 0.1) is 11.2 Å². The summed E-state index contributed by atoms with van der Waals surface area (Å²) in [5.41, 5.74) is 2.35. The molecule has 8 heteroatoms. The van der Waals surface area contributed by atoms with E-state index in [0.29, 0.717) is 22.8 Å². The van der Waals surface area contributed by atoms with Crippen molar-refractivity contribution in [3.8, 4) is 16.9 Å². The highest BCUT2D eigenvalue weighted by molar-refractivity contribution is 7.91. The number of Topliss-reactive ketones (excluding diaryl/α,β-unsaturated/α-hetero) is 1. The van der Waals surface area contributed by atoms with Crippen molar-refractivity contribution in [3.05, 3.63) is 83.4 Å². The lowest BCUT2D eigenvalue weighted by Crippen LogP contribution is -2.22. The molecule has 1 fully saturated rings. The highest BCUT2D eigenvalue weighted by Crippen LogP contribution is 2.38. The summed E-state index contributed by atoms with van der Waals surface area (Å²) < 4.78 is 39.3. The van der Waals surface area contributed by atoms with Gasteiger partial charge in [0.1, 0.15) is 11.6 Å². The molecule has 1 saturated heterocycles. The van der Waals surface area contributed by atoms with E-state index in [9.17, 15) is 17.6 Å². The Hall–Kier alpha value is -3.03. The second kappa shape index (κ2) is 8.32. The summed E-state index contributed by atoms with van der Waals surface area (Å²) in [4.78, 5) is 17.4. The van der Waals surface area contributed by atoms with Crippen molar-refractivity contribution in [2.75, 3.05) is 11.5 Å². The molecule has 0 N–H and O–H groups in total. The van der Waals surface area contributed by atoms with Crippen molar-refractivity contribution < 1.29 is 17.6 Å². The van der Waals surface area contributed by atoms with E-state index in [2.05, 4.69) is 4.98 Å². The third-order valence-corrected chi connectivity index (χ3v) is 8.72. The zero-order valence-corrected chi connectivity index (χ0v) is 20.0. The fourth-order valence-corrected chi connectivity index (χ4v) is 7.19. The Morgan fingerprint density at radius 2 is 1.94 bits per heavy atom. The van der Waals surface area contributed by atoms with Crippen molar-refractivity contribution in [1.82, 2.24) is 9.55 Å². The number of sulfone groups is 1. The highest BCUT2D eigenvalue weighted by Gasteiger charge is 2.39. The van der Waals surface area contributed by atoms with Crippen molar-refractivity contribution in [1.29, 1.82) is 0 Å². The maximum absolute atomic E-state index is 13.5. The molecular formula is C26H22ClFN2O3S. The van der Waals surface area contributed by atoms with Crippen LogP contribution in [0.3, 0.4) is 0 Å². The van der Waals surface area contributed by atoms with Crippen LogP contribution in [-0.4, -0.2) is 35.3 Å². The Bertz CT molecular complexity index is 1530. The molecule has 0 spiro atoms. The molecule has 2 aromatic heterocycles. The number of nitrogens with zero attached hydrogens (tertiary/aromatic N) is 2. The summed E-state index contributed by atoms with van der Waals surface area (Å²) in [5.74, 6) is 0.0993. The largest absolute Gasteiger partial charge is 0.301 e. The SMILES string of the molecule is CC1(CC(=O)c2ccc3c(-c4ccccc4Cl)cn(-c4ccc(F)cn4)c3c2)CCS(=O)(=O)C1. The van der Waals surface area contributed by atoms with Crippen molar-refractivity contribution in [3.63, 3.8) is 0 Å². The number of benzene rings is 2. The monoisotopic (exact) mass is 496 g/mol. The van der Waals surface area contributed by atoms with Gasteiger partial charge in [0.25, 0.3) is 0 Å². The Balaban J connectivity index is 1.62. The van der Waals surface area contributed by atoms with E-state index in [1.54, 1.807) is 18.2 Å². The molecule has 1 atom stereocenters. The van der Waals surface area contributed by atoms with Gasteiger partial charge in [0.05, 0.1) is 23.2 Å². The van der Waals surface area contributed by atoms with Crippen LogP contribution in [0.25, 0.3) is 27.8 Å². The quantitative estimate of drug-likeness (QED) is 0.323. The summed E-state index contributed by atoms with van der Waals surface area (Å²) >= 11 is 6.47. The lowest BCUT2D eigenvalue weighted by Gasteiger charge is -2.20. The van der Waals surface area contributed by atoms with E-state index in [4.69, 9.17) is 11.6 Å². The standard InChI is InChI=1S/C26H22ClFN2O3S/c1-26(10-11-34(32,33)16-26)13-24(31)17-6-8-20-21(19-4-2-3-5-22(19)27)15-30(23(20)12-17)25-9-7-18(28)14-29-25/h2-9,12,14-15H,10-11,13,16H2,1H3. The predicted molar refractivity (Wildman–Crippen MR) is 132 cm³/mol. The molecule has 3 heterocycles. The fraction of sp³-hybridized carbons (Fsp3) is 0.231. The predicted octanol–water partition coefficient (Wildman–Crippen LogP) is 5.88. The third-order valence-electron chi connectivity index (χ3n) is 6.42. The van der Waals surface area contributed by atoms with Crippen LogP contribution >= 0.6 is 11.6 Å². The lowest BCUT2D eigenvalue weighted by molar-refractivity contribution is 0.0934. The molecule has 2 aromatic carbocycles. The van der Waals surface area contributed by atoms with Gasteiger partial charge in [-0.05, 0) is 36.1 Å². The van der Waals surface area contributed by atoms with E-state index < -0.39 is 21.1 Å². The Morgan fingerprint density at radius 1 is 1.15 bits per heavy atom. The molecular weight excluding hydrogens is 475 g/mol. The number of pyridine rings is 1. The van der Waals surface area contributed by atoms with Crippen molar-refractivity contribution >= 4 is 38.1 Å². The summed E-state index contributed by atoms with van der Waals surface area (Å²) in [7, 11) is -3.10. The van der Waals surface area contributed by atoms with Crippen LogP contribution in [0.15, 0.2) is 67.0 Å². The first-order valence-electron chi connectivity index (χ1n) is 10.9. The minimum Gasteiger partial charge on any atom is -0.301 e. The average molecular weight is 497 g/mol. The molecule has 0 bridgehead atoms. The molecule has 1 aliphatic rings. The maximum atomic E-state index is 13.5. The zero-order chi connectivity index (χ0) is 24.1. The van der Waals surface area contributed by atoms with Gasteiger partial charge in [0.2, 0.25) is 0 Å². The van der Waals surface area contributed by atoms with Crippen molar-refractivity contribution in [2.45, 2.75) is 19.8 Å². The van der Waals surface area contributed by atoms with Crippen LogP contribution in [0.1, 0.15) is 30.1 Å². The molecule has 1 aliphatic heterocycles. The number of carbonyl (C=O) groups is 1. The Morgan fingerprint density at radius 3 is 2.62 bits per heavy atom. The lowest BCUT2D eigenvalue weighted by atomic mass is 9.83. The van der Waals surface area contributed by atoms with E-state index in [0.717, 1.165) is 28.2 Å². The molecule has 34 heavy (non-hydrogen) atoms. The number of halogens is 2. The molecule has 4 aromatic rings. The minimum absolute atomic E-state index is 0.0283. The molecule has 0 aliphatic carbocycles. The van der Waals surface area contributed by atoms with Gasteiger partial charge in [-0.25, -0.2) is 17.8 Å². The number of aromatic nitrogens is 2. The zero-order valence-electron chi connectivity index (χ0n) is 18.5. The van der Waals surface area contributed by atoms with Crippen LogP contribution in [0.2, 0.25) is 5.02 Å². The first-order valence-corrected chi connectivity index (χ1v) is 13.1. The van der Waals surface area contributed by atoms with E-state index in [-0.39, 0.29) is 23.7 Å². The highest BCUT2D eigenvalue weighted by atomic mass is 35.5. The van der Waals surface area contributed by atoms with Gasteiger partial charge in [-0.3, -0.25) is 4.79 Å². The number of carbonyl (C=O) groups excluding carboxylic acids is 1. The van der Waals surface area contributed by atoms with Crippen molar-refractivity contribution in [2.24, 2.45) is 5.41 Å². The van der Waals surface area contributed by atoms with E-state index >= 15 is 0 Å². The van der Waals surface area contributed by atoms with Gasteiger partial charge in [0, 0.05) is 39.7 Å². The van der Waals surface area contributed by atoms with Gasteiger partial charge in [0.15, 0.2) is 15.6 Å². The molecule has 1 unspecified atom stereocenters.